The fraction of sp³-hybridized carbons (Fsp3) is 0.500. The largest absolute Gasteiger partial charge is 0.383 e. The molecule has 0 saturated heterocycles. The van der Waals surface area contributed by atoms with Crippen molar-refractivity contribution in [2.45, 2.75) is 31.7 Å². The Kier molecular flexibility index (Phi) is 5.88. The van der Waals surface area contributed by atoms with Gasteiger partial charge in [0, 0.05) is 12.7 Å². The van der Waals surface area contributed by atoms with E-state index in [1.54, 1.807) is 14.0 Å². The molecule has 0 aliphatic carbocycles. The lowest BCUT2D eigenvalue weighted by molar-refractivity contribution is 0.0866. The Morgan fingerprint density at radius 3 is 2.43 bits per heavy atom. The number of carbonyl (C=O) groups is 1. The van der Waals surface area contributed by atoms with Crippen molar-refractivity contribution in [2.24, 2.45) is 11.1 Å². The van der Waals surface area contributed by atoms with Gasteiger partial charge in [0.2, 0.25) is 10.0 Å². The Morgan fingerprint density at radius 1 is 1.38 bits per heavy atom. The predicted octanol–water partition coefficient (Wildman–Crippen LogP) is 1.04. The van der Waals surface area contributed by atoms with Gasteiger partial charge in [-0.2, -0.15) is 0 Å². The highest BCUT2D eigenvalue weighted by Crippen LogP contribution is 2.15. The molecule has 0 aliphatic rings. The summed E-state index contributed by atoms with van der Waals surface area (Å²) >= 11 is 0. The molecule has 1 amide bonds. The van der Waals surface area contributed by atoms with E-state index in [9.17, 15) is 13.2 Å². The molecule has 0 spiro atoms. The van der Waals surface area contributed by atoms with Crippen LogP contribution in [0.3, 0.4) is 0 Å². The van der Waals surface area contributed by atoms with Crippen molar-refractivity contribution in [3.63, 3.8) is 0 Å². The molecule has 118 valence electrons. The molecule has 1 aromatic rings. The summed E-state index contributed by atoms with van der Waals surface area (Å²) < 4.78 is 27.6. The monoisotopic (exact) mass is 314 g/mol. The second kappa shape index (κ2) is 7.02. The van der Waals surface area contributed by atoms with Crippen molar-refractivity contribution in [1.29, 1.82) is 0 Å². The first kappa shape index (κ1) is 17.6. The maximum Gasteiger partial charge on any atom is 0.251 e. The summed E-state index contributed by atoms with van der Waals surface area (Å²) in [6, 6.07) is 4.08. The quantitative estimate of drug-likeness (QED) is 0.819. The number of methoxy groups -OCH3 is 1. The van der Waals surface area contributed by atoms with E-state index in [4.69, 9.17) is 9.88 Å². The molecule has 1 aromatic carbocycles. The van der Waals surface area contributed by atoms with Crippen molar-refractivity contribution >= 4 is 15.9 Å². The number of sulfonamides is 1. The second-order valence-corrected chi connectivity index (χ2v) is 6.86. The minimum atomic E-state index is -3.76. The van der Waals surface area contributed by atoms with Crippen LogP contribution in [0, 0.1) is 12.8 Å². The van der Waals surface area contributed by atoms with Crippen LogP contribution in [0.15, 0.2) is 23.1 Å². The summed E-state index contributed by atoms with van der Waals surface area (Å²) in [5.74, 6) is -0.0397. The highest BCUT2D eigenvalue weighted by Gasteiger charge is 2.19. The Bertz CT molecular complexity index is 611. The van der Waals surface area contributed by atoms with E-state index in [2.05, 4.69) is 5.32 Å². The summed E-state index contributed by atoms with van der Waals surface area (Å²) in [7, 11) is -2.19. The smallest absolute Gasteiger partial charge is 0.251 e. The fourth-order valence-corrected chi connectivity index (χ4v) is 2.49. The van der Waals surface area contributed by atoms with Gasteiger partial charge in [0.05, 0.1) is 17.5 Å². The Balaban J connectivity index is 2.98. The third-order valence-electron chi connectivity index (χ3n) is 3.24. The lowest BCUT2D eigenvalue weighted by atomic mass is 10.0. The molecule has 0 radical (unpaired) electrons. The molecule has 7 heteroatoms. The number of carbonyl (C=O) groups excluding carboxylic acids is 1. The topological polar surface area (TPSA) is 98.5 Å². The fourth-order valence-electron chi connectivity index (χ4n) is 1.89. The zero-order valence-electron chi connectivity index (χ0n) is 12.7. The van der Waals surface area contributed by atoms with Crippen molar-refractivity contribution < 1.29 is 17.9 Å². The molecule has 6 nitrogen and oxygen atoms in total. The number of amides is 1. The van der Waals surface area contributed by atoms with Gasteiger partial charge >= 0.3 is 0 Å². The number of aryl methyl sites for hydroxylation is 1. The molecule has 1 unspecified atom stereocenters. The average molecular weight is 314 g/mol. The van der Waals surface area contributed by atoms with Gasteiger partial charge in [-0.15, -0.1) is 0 Å². The summed E-state index contributed by atoms with van der Waals surface area (Å²) in [5, 5.41) is 7.96. The summed E-state index contributed by atoms with van der Waals surface area (Å²) in [5.41, 5.74) is 0.975. The Morgan fingerprint density at radius 2 is 2.00 bits per heavy atom. The van der Waals surface area contributed by atoms with Crippen LogP contribution in [0.25, 0.3) is 0 Å². The molecule has 0 fully saturated rings. The first-order chi connectivity index (χ1) is 9.66. The van der Waals surface area contributed by atoms with Gasteiger partial charge in [-0.3, -0.25) is 4.79 Å². The molecule has 1 rings (SSSR count). The Labute approximate surface area is 125 Å². The van der Waals surface area contributed by atoms with Crippen molar-refractivity contribution in [1.82, 2.24) is 5.32 Å². The van der Waals surface area contributed by atoms with E-state index in [0.717, 1.165) is 0 Å². The molecular formula is C14H22N2O4S. The van der Waals surface area contributed by atoms with Crippen LogP contribution in [0.2, 0.25) is 0 Å². The maximum atomic E-state index is 12.3. The van der Waals surface area contributed by atoms with Crippen LogP contribution in [-0.2, 0) is 14.8 Å². The van der Waals surface area contributed by atoms with Crippen LogP contribution >= 0.6 is 0 Å². The minimum absolute atomic E-state index is 0.00569. The number of benzene rings is 1. The van der Waals surface area contributed by atoms with Gasteiger partial charge in [0.25, 0.3) is 5.91 Å². The second-order valence-electron chi connectivity index (χ2n) is 5.30. The van der Waals surface area contributed by atoms with Crippen LogP contribution < -0.4 is 10.5 Å². The number of nitrogens with one attached hydrogen (secondary N) is 1. The van der Waals surface area contributed by atoms with Crippen molar-refractivity contribution in [3.8, 4) is 0 Å². The molecule has 3 N–H and O–H groups in total. The van der Waals surface area contributed by atoms with Crippen molar-refractivity contribution in [3.05, 3.63) is 29.3 Å². The zero-order chi connectivity index (χ0) is 16.2. The normalized spacial score (nSPS) is 13.2. The lowest BCUT2D eigenvalue weighted by Crippen LogP contribution is -2.41. The van der Waals surface area contributed by atoms with E-state index in [-0.39, 0.29) is 22.8 Å². The molecule has 1 atom stereocenters. The van der Waals surface area contributed by atoms with Gasteiger partial charge in [0.15, 0.2) is 0 Å². The van der Waals surface area contributed by atoms with Gasteiger partial charge in [-0.1, -0.05) is 13.8 Å². The predicted molar refractivity (Wildman–Crippen MR) is 80.5 cm³/mol. The van der Waals surface area contributed by atoms with Crippen LogP contribution in [-0.4, -0.2) is 34.1 Å². The molecule has 0 heterocycles. The van der Waals surface area contributed by atoms with Gasteiger partial charge in [-0.25, -0.2) is 13.6 Å². The molecule has 0 bridgehead atoms. The van der Waals surface area contributed by atoms with Crippen LogP contribution in [0.4, 0.5) is 0 Å². The van der Waals surface area contributed by atoms with E-state index < -0.39 is 10.0 Å². The van der Waals surface area contributed by atoms with E-state index >= 15 is 0 Å². The van der Waals surface area contributed by atoms with Crippen LogP contribution in [0.1, 0.15) is 29.8 Å². The van der Waals surface area contributed by atoms with E-state index in [1.807, 2.05) is 13.8 Å². The van der Waals surface area contributed by atoms with E-state index in [0.29, 0.717) is 17.7 Å². The first-order valence-corrected chi connectivity index (χ1v) is 8.14. The number of nitrogens with two attached hydrogens (primary N) is 1. The van der Waals surface area contributed by atoms with Gasteiger partial charge in [-0.05, 0) is 36.6 Å². The van der Waals surface area contributed by atoms with Gasteiger partial charge in [0.1, 0.15) is 0 Å². The third-order valence-corrected chi connectivity index (χ3v) is 4.15. The maximum absolute atomic E-state index is 12.3. The molecule has 21 heavy (non-hydrogen) atoms. The average Bonchev–Trinajstić information content (AvgIpc) is 2.36. The molecule has 0 aromatic heterocycles. The zero-order valence-corrected chi connectivity index (χ0v) is 13.5. The first-order valence-electron chi connectivity index (χ1n) is 6.60. The number of primary sulfonamides is 1. The summed E-state index contributed by atoms with van der Waals surface area (Å²) in [4.78, 5) is 12.3. The molecule has 0 aliphatic heterocycles. The van der Waals surface area contributed by atoms with Crippen molar-refractivity contribution in [2.75, 3.05) is 13.7 Å². The lowest BCUT2D eigenvalue weighted by Gasteiger charge is -2.22. The van der Waals surface area contributed by atoms with Crippen LogP contribution in [0.5, 0.6) is 0 Å². The number of hydrogen-bond acceptors (Lipinski definition) is 4. The number of ether oxygens (including phenoxy) is 1. The SMILES string of the molecule is COCC(NC(=O)c1ccc(S(N)(=O)=O)cc1C)C(C)C. The standard InChI is InChI=1S/C14H22N2O4S/c1-9(2)13(8-20-4)16-14(17)12-6-5-11(7-10(12)3)21(15,18)19/h5-7,9,13H,8H2,1-4H3,(H,16,17)(H2,15,18,19). The number of hydrogen-bond donors (Lipinski definition) is 2. The highest BCUT2D eigenvalue weighted by atomic mass is 32.2. The summed E-state index contributed by atoms with van der Waals surface area (Å²) in [6.07, 6.45) is 0. The molecular weight excluding hydrogens is 292 g/mol. The summed E-state index contributed by atoms with van der Waals surface area (Å²) in [6.45, 7) is 6.06. The highest BCUT2D eigenvalue weighted by molar-refractivity contribution is 7.89. The number of rotatable bonds is 6. The minimum Gasteiger partial charge on any atom is -0.383 e. The van der Waals surface area contributed by atoms with E-state index in [1.165, 1.54) is 18.2 Å². The molecule has 0 saturated carbocycles. The van der Waals surface area contributed by atoms with Gasteiger partial charge < -0.3 is 10.1 Å². The Hall–Kier alpha value is -1.44. The third kappa shape index (κ3) is 4.80.